The minimum Gasteiger partial charge on any atom is -0.497 e. The van der Waals surface area contributed by atoms with Crippen molar-refractivity contribution in [2.75, 3.05) is 7.11 Å². The van der Waals surface area contributed by atoms with E-state index in [2.05, 4.69) is 15.4 Å². The number of nitrogens with zero attached hydrogens (tertiary/aromatic N) is 4. The molecule has 1 aromatic carbocycles. The van der Waals surface area contributed by atoms with Crippen LogP contribution in [0.3, 0.4) is 0 Å². The smallest absolute Gasteiger partial charge is 0.330 e. The Kier molecular flexibility index (Phi) is 4.21. The van der Waals surface area contributed by atoms with Crippen molar-refractivity contribution in [2.24, 2.45) is 0 Å². The maximum absolute atomic E-state index is 11.7. The van der Waals surface area contributed by atoms with E-state index in [1.807, 2.05) is 18.2 Å². The van der Waals surface area contributed by atoms with Gasteiger partial charge in [0, 0.05) is 5.56 Å². The molecule has 0 atom stereocenters. The first-order chi connectivity index (χ1) is 9.87. The summed E-state index contributed by atoms with van der Waals surface area (Å²) in [5, 5.41) is 11.9. The Morgan fingerprint density at radius 1 is 1.33 bits per heavy atom. The molecule has 0 aliphatic rings. The molecular weight excluding hydrogens is 272 g/mol. The SMILES string of the molecule is COc1cccc(-c2nnn(CC(=O)OC(C)(C)C)n2)c1. The maximum atomic E-state index is 11.7. The predicted octanol–water partition coefficient (Wildman–Crippen LogP) is 1.69. The number of rotatable bonds is 4. The standard InChI is InChI=1S/C14H18N4O3/c1-14(2,3)21-12(19)9-18-16-13(15-17-18)10-6-5-7-11(8-10)20-4/h5-8H,9H2,1-4H3. The summed E-state index contributed by atoms with van der Waals surface area (Å²) in [5.41, 5.74) is 0.234. The normalized spacial score (nSPS) is 11.2. The molecule has 0 fully saturated rings. The highest BCUT2D eigenvalue weighted by molar-refractivity contribution is 5.69. The van der Waals surface area contributed by atoms with Gasteiger partial charge in [-0.1, -0.05) is 12.1 Å². The van der Waals surface area contributed by atoms with Crippen molar-refractivity contribution < 1.29 is 14.3 Å². The molecule has 0 saturated carbocycles. The average molecular weight is 290 g/mol. The lowest BCUT2D eigenvalue weighted by Crippen LogP contribution is -2.27. The van der Waals surface area contributed by atoms with E-state index in [0.29, 0.717) is 11.6 Å². The fraction of sp³-hybridized carbons (Fsp3) is 0.429. The number of esters is 1. The third-order valence-corrected chi connectivity index (χ3v) is 2.47. The third kappa shape index (κ3) is 4.27. The Hall–Kier alpha value is -2.44. The van der Waals surface area contributed by atoms with Crippen molar-refractivity contribution in [1.29, 1.82) is 0 Å². The minimum atomic E-state index is -0.534. The van der Waals surface area contributed by atoms with Crippen LogP contribution in [0.4, 0.5) is 0 Å². The highest BCUT2D eigenvalue weighted by Crippen LogP contribution is 2.19. The van der Waals surface area contributed by atoms with Crippen LogP contribution in [0.2, 0.25) is 0 Å². The summed E-state index contributed by atoms with van der Waals surface area (Å²) in [6.07, 6.45) is 0. The lowest BCUT2D eigenvalue weighted by Gasteiger charge is -2.18. The van der Waals surface area contributed by atoms with Gasteiger partial charge in [0.25, 0.3) is 0 Å². The van der Waals surface area contributed by atoms with Gasteiger partial charge in [-0.2, -0.15) is 4.80 Å². The first-order valence-corrected chi connectivity index (χ1v) is 6.51. The summed E-state index contributed by atoms with van der Waals surface area (Å²) in [5.74, 6) is 0.727. The molecular formula is C14H18N4O3. The summed E-state index contributed by atoms with van der Waals surface area (Å²) in [6.45, 7) is 5.35. The lowest BCUT2D eigenvalue weighted by molar-refractivity contribution is -0.156. The molecule has 2 rings (SSSR count). The zero-order valence-corrected chi connectivity index (χ0v) is 12.5. The topological polar surface area (TPSA) is 79.1 Å². The highest BCUT2D eigenvalue weighted by atomic mass is 16.6. The summed E-state index contributed by atoms with van der Waals surface area (Å²) in [6, 6.07) is 7.31. The maximum Gasteiger partial charge on any atom is 0.330 e. The van der Waals surface area contributed by atoms with E-state index in [0.717, 1.165) is 5.56 Å². The minimum absolute atomic E-state index is 0.0752. The third-order valence-electron chi connectivity index (χ3n) is 2.47. The van der Waals surface area contributed by atoms with Gasteiger partial charge < -0.3 is 9.47 Å². The molecule has 112 valence electrons. The zero-order chi connectivity index (χ0) is 15.5. The molecule has 0 aliphatic heterocycles. The van der Waals surface area contributed by atoms with Gasteiger partial charge in [0.15, 0.2) is 6.54 Å². The summed E-state index contributed by atoms with van der Waals surface area (Å²) >= 11 is 0. The van der Waals surface area contributed by atoms with Gasteiger partial charge in [-0.3, -0.25) is 0 Å². The molecule has 0 aliphatic carbocycles. The summed E-state index contributed by atoms with van der Waals surface area (Å²) in [4.78, 5) is 12.9. The van der Waals surface area contributed by atoms with Crippen LogP contribution in [0.15, 0.2) is 24.3 Å². The van der Waals surface area contributed by atoms with Crippen molar-refractivity contribution in [3.63, 3.8) is 0 Å². The molecule has 1 aromatic heterocycles. The lowest BCUT2D eigenvalue weighted by atomic mass is 10.2. The van der Waals surface area contributed by atoms with Crippen LogP contribution in [0.5, 0.6) is 5.75 Å². The molecule has 0 bridgehead atoms. The van der Waals surface area contributed by atoms with Crippen LogP contribution < -0.4 is 4.74 Å². The fourth-order valence-corrected chi connectivity index (χ4v) is 1.68. The van der Waals surface area contributed by atoms with Gasteiger partial charge >= 0.3 is 5.97 Å². The van der Waals surface area contributed by atoms with Gasteiger partial charge in [0.2, 0.25) is 5.82 Å². The van der Waals surface area contributed by atoms with Crippen LogP contribution in [0.25, 0.3) is 11.4 Å². The number of methoxy groups -OCH3 is 1. The second-order valence-electron chi connectivity index (χ2n) is 5.46. The van der Waals surface area contributed by atoms with E-state index < -0.39 is 11.6 Å². The average Bonchev–Trinajstić information content (AvgIpc) is 2.85. The van der Waals surface area contributed by atoms with Crippen LogP contribution in [-0.2, 0) is 16.1 Å². The van der Waals surface area contributed by atoms with Crippen LogP contribution in [-0.4, -0.2) is 38.9 Å². The Labute approximate surface area is 122 Å². The second-order valence-corrected chi connectivity index (χ2v) is 5.46. The number of hydrogen-bond acceptors (Lipinski definition) is 6. The van der Waals surface area contributed by atoms with Crippen LogP contribution >= 0.6 is 0 Å². The summed E-state index contributed by atoms with van der Waals surface area (Å²) < 4.78 is 10.4. The van der Waals surface area contributed by atoms with Crippen molar-refractivity contribution >= 4 is 5.97 Å². The van der Waals surface area contributed by atoms with Crippen molar-refractivity contribution in [3.8, 4) is 17.1 Å². The molecule has 0 spiro atoms. The van der Waals surface area contributed by atoms with Crippen molar-refractivity contribution in [2.45, 2.75) is 32.9 Å². The second kappa shape index (κ2) is 5.90. The first kappa shape index (κ1) is 15.0. The number of ether oxygens (including phenoxy) is 2. The molecule has 0 N–H and O–H groups in total. The molecule has 0 unspecified atom stereocenters. The van der Waals surface area contributed by atoms with Gasteiger partial charge in [-0.05, 0) is 38.1 Å². The number of benzene rings is 1. The Morgan fingerprint density at radius 3 is 2.76 bits per heavy atom. The highest BCUT2D eigenvalue weighted by Gasteiger charge is 2.18. The zero-order valence-electron chi connectivity index (χ0n) is 12.5. The van der Waals surface area contributed by atoms with Crippen molar-refractivity contribution in [1.82, 2.24) is 20.2 Å². The molecule has 0 radical (unpaired) electrons. The molecule has 0 amide bonds. The van der Waals surface area contributed by atoms with E-state index in [4.69, 9.17) is 9.47 Å². The molecule has 1 heterocycles. The monoisotopic (exact) mass is 290 g/mol. The van der Waals surface area contributed by atoms with Crippen molar-refractivity contribution in [3.05, 3.63) is 24.3 Å². The van der Waals surface area contributed by atoms with Crippen LogP contribution in [0, 0.1) is 0 Å². The number of carbonyl (C=O) groups excluding carboxylic acids is 1. The van der Waals surface area contributed by atoms with E-state index in [-0.39, 0.29) is 6.54 Å². The van der Waals surface area contributed by atoms with Gasteiger partial charge in [-0.15, -0.1) is 10.2 Å². The largest absolute Gasteiger partial charge is 0.497 e. The van der Waals surface area contributed by atoms with E-state index in [1.165, 1.54) is 4.80 Å². The van der Waals surface area contributed by atoms with Crippen LogP contribution in [0.1, 0.15) is 20.8 Å². The number of tetrazole rings is 1. The molecule has 2 aromatic rings. The molecule has 7 nitrogen and oxygen atoms in total. The number of aromatic nitrogens is 4. The van der Waals surface area contributed by atoms with Gasteiger partial charge in [0.1, 0.15) is 11.4 Å². The fourth-order valence-electron chi connectivity index (χ4n) is 1.68. The van der Waals surface area contributed by atoms with Gasteiger partial charge in [-0.25, -0.2) is 4.79 Å². The first-order valence-electron chi connectivity index (χ1n) is 6.51. The molecule has 7 heteroatoms. The molecule has 21 heavy (non-hydrogen) atoms. The van der Waals surface area contributed by atoms with E-state index in [1.54, 1.807) is 33.9 Å². The van der Waals surface area contributed by atoms with E-state index >= 15 is 0 Å². The predicted molar refractivity (Wildman–Crippen MR) is 75.7 cm³/mol. The number of hydrogen-bond donors (Lipinski definition) is 0. The number of carbonyl (C=O) groups is 1. The Bertz CT molecular complexity index is 631. The van der Waals surface area contributed by atoms with E-state index in [9.17, 15) is 4.79 Å². The Balaban J connectivity index is 2.09. The molecule has 0 saturated heterocycles. The van der Waals surface area contributed by atoms with Gasteiger partial charge in [0.05, 0.1) is 7.11 Å². The summed E-state index contributed by atoms with van der Waals surface area (Å²) in [7, 11) is 1.59. The Morgan fingerprint density at radius 2 is 2.10 bits per heavy atom. The quantitative estimate of drug-likeness (QED) is 0.797.